The molecular formula is C23H33N3O4. The van der Waals surface area contributed by atoms with E-state index in [1.54, 1.807) is 11.0 Å². The van der Waals surface area contributed by atoms with Gasteiger partial charge in [-0.15, -0.1) is 0 Å². The number of aryl methyl sites for hydroxylation is 1. The molecule has 0 saturated carbocycles. The number of esters is 1. The molecule has 1 saturated heterocycles. The Kier molecular flexibility index (Phi) is 6.68. The predicted molar refractivity (Wildman–Crippen MR) is 116 cm³/mol. The lowest BCUT2D eigenvalue weighted by Gasteiger charge is -2.34. The summed E-state index contributed by atoms with van der Waals surface area (Å²) in [5.74, 6) is 0.674. The number of likely N-dealkylation sites (tertiary alicyclic amines) is 1. The lowest BCUT2D eigenvalue weighted by Crippen LogP contribution is -2.42. The number of rotatable bonds is 5. The number of carbonyl (C=O) groups excluding carboxylic acids is 2. The third-order valence-corrected chi connectivity index (χ3v) is 5.38. The first-order valence-electron chi connectivity index (χ1n) is 10.8. The van der Waals surface area contributed by atoms with Gasteiger partial charge in [-0.05, 0) is 52.2 Å². The molecule has 0 aliphatic carbocycles. The van der Waals surface area contributed by atoms with E-state index in [0.717, 1.165) is 49.1 Å². The van der Waals surface area contributed by atoms with Gasteiger partial charge >= 0.3 is 12.1 Å². The number of benzene rings is 1. The SMILES string of the molecule is CCCCn1c(C2CCCN(C(=O)OC(C)(C)C)C2)nc2cccc(C(=O)OC)c21. The van der Waals surface area contributed by atoms with Crippen LogP contribution in [0.4, 0.5) is 4.79 Å². The number of para-hydroxylation sites is 1. The third kappa shape index (κ3) is 4.77. The molecule has 1 atom stereocenters. The summed E-state index contributed by atoms with van der Waals surface area (Å²) in [6, 6.07) is 5.56. The highest BCUT2D eigenvalue weighted by Crippen LogP contribution is 2.32. The Morgan fingerprint density at radius 2 is 2.03 bits per heavy atom. The Morgan fingerprint density at radius 3 is 2.70 bits per heavy atom. The van der Waals surface area contributed by atoms with Crippen LogP contribution in [-0.2, 0) is 16.0 Å². The molecule has 0 bridgehead atoms. The summed E-state index contributed by atoms with van der Waals surface area (Å²) in [4.78, 5) is 31.7. The summed E-state index contributed by atoms with van der Waals surface area (Å²) in [6.45, 7) is 9.82. The van der Waals surface area contributed by atoms with Crippen molar-refractivity contribution in [3.63, 3.8) is 0 Å². The highest BCUT2D eigenvalue weighted by molar-refractivity contribution is 6.02. The van der Waals surface area contributed by atoms with Crippen molar-refractivity contribution in [2.45, 2.75) is 71.4 Å². The van der Waals surface area contributed by atoms with E-state index in [9.17, 15) is 9.59 Å². The molecule has 1 aliphatic heterocycles. The summed E-state index contributed by atoms with van der Waals surface area (Å²) in [5, 5.41) is 0. The van der Waals surface area contributed by atoms with Crippen molar-refractivity contribution in [2.24, 2.45) is 0 Å². The van der Waals surface area contributed by atoms with Crippen LogP contribution in [0.25, 0.3) is 11.0 Å². The van der Waals surface area contributed by atoms with Gasteiger partial charge in [0.15, 0.2) is 0 Å². The van der Waals surface area contributed by atoms with Crippen molar-refractivity contribution in [3.05, 3.63) is 29.6 Å². The van der Waals surface area contributed by atoms with Crippen molar-refractivity contribution in [2.75, 3.05) is 20.2 Å². The average Bonchev–Trinajstić information content (AvgIpc) is 3.09. The topological polar surface area (TPSA) is 73.7 Å². The quantitative estimate of drug-likeness (QED) is 0.660. The van der Waals surface area contributed by atoms with Gasteiger partial charge in [0.2, 0.25) is 0 Å². The summed E-state index contributed by atoms with van der Waals surface area (Å²) in [6.07, 6.45) is 3.58. The van der Waals surface area contributed by atoms with Crippen LogP contribution in [0.2, 0.25) is 0 Å². The van der Waals surface area contributed by atoms with Gasteiger partial charge in [0.25, 0.3) is 0 Å². The Labute approximate surface area is 178 Å². The number of carbonyl (C=O) groups is 2. The van der Waals surface area contributed by atoms with E-state index in [-0.39, 0.29) is 18.0 Å². The molecule has 2 heterocycles. The standard InChI is InChI=1S/C23H33N3O4/c1-6-7-14-26-19-17(21(27)29-5)11-8-12-18(19)24-20(26)16-10-9-13-25(15-16)22(28)30-23(2,3)4/h8,11-12,16H,6-7,9-10,13-15H2,1-5H3. The summed E-state index contributed by atoms with van der Waals surface area (Å²) in [5.41, 5.74) is 1.62. The number of fused-ring (bicyclic) bond motifs is 1. The fourth-order valence-corrected chi connectivity index (χ4v) is 4.01. The minimum absolute atomic E-state index is 0.0982. The highest BCUT2D eigenvalue weighted by Gasteiger charge is 2.31. The van der Waals surface area contributed by atoms with Gasteiger partial charge in [-0.2, -0.15) is 0 Å². The van der Waals surface area contributed by atoms with E-state index in [1.807, 2.05) is 32.9 Å². The van der Waals surface area contributed by atoms with Gasteiger partial charge < -0.3 is 18.9 Å². The molecule has 1 unspecified atom stereocenters. The van der Waals surface area contributed by atoms with E-state index in [4.69, 9.17) is 14.5 Å². The minimum Gasteiger partial charge on any atom is -0.465 e. The number of amides is 1. The van der Waals surface area contributed by atoms with E-state index < -0.39 is 5.60 Å². The van der Waals surface area contributed by atoms with Crippen LogP contribution in [0.15, 0.2) is 18.2 Å². The first kappa shape index (κ1) is 22.1. The predicted octanol–water partition coefficient (Wildman–Crippen LogP) is 4.74. The molecule has 1 amide bonds. The van der Waals surface area contributed by atoms with Crippen LogP contribution >= 0.6 is 0 Å². The van der Waals surface area contributed by atoms with Gasteiger partial charge in [-0.3, -0.25) is 0 Å². The second kappa shape index (κ2) is 9.06. The van der Waals surface area contributed by atoms with Crippen molar-refractivity contribution in [1.82, 2.24) is 14.5 Å². The number of unbranched alkanes of at least 4 members (excludes halogenated alkanes) is 1. The number of nitrogens with zero attached hydrogens (tertiary/aromatic N) is 3. The van der Waals surface area contributed by atoms with Crippen molar-refractivity contribution in [1.29, 1.82) is 0 Å². The number of hydrogen-bond donors (Lipinski definition) is 0. The zero-order chi connectivity index (χ0) is 21.9. The Morgan fingerprint density at radius 1 is 1.27 bits per heavy atom. The van der Waals surface area contributed by atoms with Gasteiger partial charge in [-0.25, -0.2) is 14.6 Å². The maximum atomic E-state index is 12.6. The number of piperidine rings is 1. The lowest BCUT2D eigenvalue weighted by molar-refractivity contribution is 0.0195. The smallest absolute Gasteiger partial charge is 0.410 e. The number of aromatic nitrogens is 2. The molecule has 1 aromatic heterocycles. The number of methoxy groups -OCH3 is 1. The highest BCUT2D eigenvalue weighted by atomic mass is 16.6. The van der Waals surface area contributed by atoms with Gasteiger partial charge in [-0.1, -0.05) is 19.4 Å². The fraction of sp³-hybridized carbons (Fsp3) is 0.609. The molecule has 3 rings (SSSR count). The molecule has 1 fully saturated rings. The van der Waals surface area contributed by atoms with Crippen molar-refractivity contribution in [3.8, 4) is 0 Å². The van der Waals surface area contributed by atoms with E-state index in [0.29, 0.717) is 18.7 Å². The second-order valence-corrected chi connectivity index (χ2v) is 8.91. The molecule has 1 aromatic carbocycles. The van der Waals surface area contributed by atoms with E-state index >= 15 is 0 Å². The monoisotopic (exact) mass is 415 g/mol. The summed E-state index contributed by atoms with van der Waals surface area (Å²) >= 11 is 0. The Hall–Kier alpha value is -2.57. The zero-order valence-electron chi connectivity index (χ0n) is 18.7. The molecule has 1 aliphatic rings. The van der Waals surface area contributed by atoms with Crippen LogP contribution in [-0.4, -0.2) is 52.3 Å². The number of hydrogen-bond acceptors (Lipinski definition) is 5. The number of imidazole rings is 1. The maximum Gasteiger partial charge on any atom is 0.410 e. The molecular weight excluding hydrogens is 382 g/mol. The molecule has 30 heavy (non-hydrogen) atoms. The fourth-order valence-electron chi connectivity index (χ4n) is 4.01. The first-order chi connectivity index (χ1) is 14.2. The van der Waals surface area contributed by atoms with Crippen LogP contribution < -0.4 is 0 Å². The van der Waals surface area contributed by atoms with Crippen LogP contribution in [0.5, 0.6) is 0 Å². The van der Waals surface area contributed by atoms with E-state index in [1.165, 1.54) is 7.11 Å². The molecule has 0 radical (unpaired) electrons. The van der Waals surface area contributed by atoms with Gasteiger partial charge in [0.1, 0.15) is 11.4 Å². The van der Waals surface area contributed by atoms with Crippen LogP contribution in [0.1, 0.15) is 75.5 Å². The van der Waals surface area contributed by atoms with Gasteiger partial charge in [0, 0.05) is 25.6 Å². The van der Waals surface area contributed by atoms with Crippen molar-refractivity contribution >= 4 is 23.1 Å². The zero-order valence-corrected chi connectivity index (χ0v) is 18.7. The Balaban J connectivity index is 1.98. The van der Waals surface area contributed by atoms with Crippen molar-refractivity contribution < 1.29 is 19.1 Å². The normalized spacial score (nSPS) is 17.2. The van der Waals surface area contributed by atoms with E-state index in [2.05, 4.69) is 11.5 Å². The van der Waals surface area contributed by atoms with Crippen LogP contribution in [0, 0.1) is 0 Å². The lowest BCUT2D eigenvalue weighted by atomic mass is 9.97. The minimum atomic E-state index is -0.520. The van der Waals surface area contributed by atoms with Gasteiger partial charge in [0.05, 0.1) is 23.7 Å². The summed E-state index contributed by atoms with van der Waals surface area (Å²) in [7, 11) is 1.40. The summed E-state index contributed by atoms with van der Waals surface area (Å²) < 4.78 is 12.7. The van der Waals surface area contributed by atoms with Crippen LogP contribution in [0.3, 0.4) is 0 Å². The molecule has 7 nitrogen and oxygen atoms in total. The largest absolute Gasteiger partial charge is 0.465 e. The Bertz CT molecular complexity index is 913. The second-order valence-electron chi connectivity index (χ2n) is 8.91. The number of ether oxygens (including phenoxy) is 2. The maximum absolute atomic E-state index is 12.6. The average molecular weight is 416 g/mol. The molecule has 2 aromatic rings. The molecule has 0 spiro atoms. The molecule has 164 valence electrons. The molecule has 0 N–H and O–H groups in total. The first-order valence-corrected chi connectivity index (χ1v) is 10.8. The molecule has 7 heteroatoms. The third-order valence-electron chi connectivity index (χ3n) is 5.38.